The normalized spacial score (nSPS) is 16.6. The standard InChI is InChI=1S/C17H13ClFN3O4/c18-11-1-3-12(4-2-11)20-17(24)10-7-16(23)21(9-10)13-5-6-14(19)15(8-13)22(25)26/h1-6,8,10H,7,9H2,(H,20,24). The number of rotatable bonds is 4. The summed E-state index contributed by atoms with van der Waals surface area (Å²) in [7, 11) is 0. The number of nitro benzene ring substituents is 1. The maximum Gasteiger partial charge on any atom is 0.306 e. The second-order valence-corrected chi connectivity index (χ2v) is 6.23. The molecule has 2 amide bonds. The molecule has 2 aromatic rings. The van der Waals surface area contributed by atoms with Crippen molar-refractivity contribution in [3.63, 3.8) is 0 Å². The van der Waals surface area contributed by atoms with E-state index in [1.807, 2.05) is 0 Å². The first-order valence-electron chi connectivity index (χ1n) is 7.66. The van der Waals surface area contributed by atoms with E-state index in [0.717, 1.165) is 12.1 Å². The van der Waals surface area contributed by atoms with E-state index in [0.29, 0.717) is 10.7 Å². The van der Waals surface area contributed by atoms with Crippen LogP contribution in [0.25, 0.3) is 0 Å². The second kappa shape index (κ2) is 7.09. The first-order valence-corrected chi connectivity index (χ1v) is 8.03. The molecule has 0 radical (unpaired) electrons. The molecule has 1 fully saturated rings. The van der Waals surface area contributed by atoms with Gasteiger partial charge in [-0.05, 0) is 36.4 Å². The Hall–Kier alpha value is -3.00. The molecule has 1 unspecified atom stereocenters. The minimum absolute atomic E-state index is 0.0371. The summed E-state index contributed by atoms with van der Waals surface area (Å²) in [4.78, 5) is 35.8. The lowest BCUT2D eigenvalue weighted by Crippen LogP contribution is -2.28. The van der Waals surface area contributed by atoms with Gasteiger partial charge in [-0.1, -0.05) is 11.6 Å². The molecule has 1 N–H and O–H groups in total. The van der Waals surface area contributed by atoms with Gasteiger partial charge in [0.25, 0.3) is 0 Å². The SMILES string of the molecule is O=C(Nc1ccc(Cl)cc1)C1CC(=O)N(c2ccc(F)c([N+](=O)[O-])c2)C1. The van der Waals surface area contributed by atoms with E-state index >= 15 is 0 Å². The summed E-state index contributed by atoms with van der Waals surface area (Å²) in [6.45, 7) is 0.0566. The smallest absolute Gasteiger partial charge is 0.306 e. The average Bonchev–Trinajstić information content (AvgIpc) is 2.99. The van der Waals surface area contributed by atoms with Gasteiger partial charge >= 0.3 is 5.69 Å². The number of hydrogen-bond acceptors (Lipinski definition) is 4. The lowest BCUT2D eigenvalue weighted by Gasteiger charge is -2.16. The summed E-state index contributed by atoms with van der Waals surface area (Å²) in [6, 6.07) is 9.73. The van der Waals surface area contributed by atoms with Crippen LogP contribution in [-0.4, -0.2) is 23.3 Å². The van der Waals surface area contributed by atoms with Crippen LogP contribution in [0, 0.1) is 21.8 Å². The van der Waals surface area contributed by atoms with Crippen LogP contribution in [0.4, 0.5) is 21.5 Å². The van der Waals surface area contributed by atoms with Crippen LogP contribution in [0.15, 0.2) is 42.5 Å². The van der Waals surface area contributed by atoms with Crippen LogP contribution in [0.1, 0.15) is 6.42 Å². The predicted molar refractivity (Wildman–Crippen MR) is 93.6 cm³/mol. The third-order valence-electron chi connectivity index (χ3n) is 4.05. The summed E-state index contributed by atoms with van der Waals surface area (Å²) in [5, 5.41) is 14.1. The summed E-state index contributed by atoms with van der Waals surface area (Å²) in [5.41, 5.74) is 0.0111. The zero-order valence-electron chi connectivity index (χ0n) is 13.3. The molecule has 1 heterocycles. The molecule has 134 valence electrons. The van der Waals surface area contributed by atoms with Crippen molar-refractivity contribution in [1.82, 2.24) is 0 Å². The van der Waals surface area contributed by atoms with Gasteiger partial charge in [0.15, 0.2) is 0 Å². The summed E-state index contributed by atoms with van der Waals surface area (Å²) in [5.74, 6) is -2.31. The number of amides is 2. The lowest BCUT2D eigenvalue weighted by molar-refractivity contribution is -0.387. The fraction of sp³-hybridized carbons (Fsp3) is 0.176. The number of anilines is 2. The number of nitrogens with one attached hydrogen (secondary N) is 1. The fourth-order valence-electron chi connectivity index (χ4n) is 2.72. The van der Waals surface area contributed by atoms with Crippen LogP contribution in [0.2, 0.25) is 5.02 Å². The van der Waals surface area contributed by atoms with Crippen molar-refractivity contribution >= 4 is 40.5 Å². The largest absolute Gasteiger partial charge is 0.326 e. The Kier molecular flexibility index (Phi) is 4.85. The Labute approximate surface area is 152 Å². The molecule has 1 atom stereocenters. The Balaban J connectivity index is 1.74. The minimum atomic E-state index is -0.984. The number of nitro groups is 1. The van der Waals surface area contributed by atoms with Crippen LogP contribution in [-0.2, 0) is 9.59 Å². The van der Waals surface area contributed by atoms with Crippen molar-refractivity contribution in [3.8, 4) is 0 Å². The van der Waals surface area contributed by atoms with Crippen molar-refractivity contribution in [2.45, 2.75) is 6.42 Å². The van der Waals surface area contributed by atoms with Gasteiger partial charge in [0, 0.05) is 29.7 Å². The summed E-state index contributed by atoms with van der Waals surface area (Å²) < 4.78 is 13.5. The second-order valence-electron chi connectivity index (χ2n) is 5.79. The molecule has 1 aliphatic heterocycles. The van der Waals surface area contributed by atoms with E-state index in [1.165, 1.54) is 11.0 Å². The predicted octanol–water partition coefficient (Wildman–Crippen LogP) is 3.38. The fourth-order valence-corrected chi connectivity index (χ4v) is 2.85. The monoisotopic (exact) mass is 377 g/mol. The van der Waals surface area contributed by atoms with Crippen molar-refractivity contribution in [1.29, 1.82) is 0 Å². The average molecular weight is 378 g/mol. The number of carbonyl (C=O) groups excluding carboxylic acids is 2. The van der Waals surface area contributed by atoms with Crippen molar-refractivity contribution in [2.24, 2.45) is 5.92 Å². The molecular weight excluding hydrogens is 365 g/mol. The third kappa shape index (κ3) is 3.65. The third-order valence-corrected chi connectivity index (χ3v) is 4.30. The highest BCUT2D eigenvalue weighted by Crippen LogP contribution is 2.30. The molecule has 9 heteroatoms. The van der Waals surface area contributed by atoms with Gasteiger partial charge in [0.2, 0.25) is 17.6 Å². The molecule has 0 bridgehead atoms. The van der Waals surface area contributed by atoms with E-state index < -0.39 is 22.3 Å². The van der Waals surface area contributed by atoms with Gasteiger partial charge < -0.3 is 10.2 Å². The zero-order valence-corrected chi connectivity index (χ0v) is 14.1. The van der Waals surface area contributed by atoms with Crippen molar-refractivity contribution in [3.05, 3.63) is 63.4 Å². The molecule has 26 heavy (non-hydrogen) atoms. The maximum atomic E-state index is 13.5. The molecule has 0 aromatic heterocycles. The molecule has 0 saturated carbocycles. The minimum Gasteiger partial charge on any atom is -0.326 e. The maximum absolute atomic E-state index is 13.5. The van der Waals surface area contributed by atoms with Gasteiger partial charge in [0.1, 0.15) is 0 Å². The van der Waals surface area contributed by atoms with Crippen LogP contribution >= 0.6 is 11.6 Å². The topological polar surface area (TPSA) is 92.6 Å². The number of nitrogens with zero attached hydrogens (tertiary/aromatic N) is 2. The van der Waals surface area contributed by atoms with Crippen molar-refractivity contribution in [2.75, 3.05) is 16.8 Å². The first kappa shape index (κ1) is 17.8. The molecule has 1 aliphatic rings. The van der Waals surface area contributed by atoms with Crippen LogP contribution in [0.5, 0.6) is 0 Å². The molecule has 0 spiro atoms. The van der Waals surface area contributed by atoms with E-state index in [2.05, 4.69) is 5.32 Å². The molecule has 2 aromatic carbocycles. The van der Waals surface area contributed by atoms with Crippen molar-refractivity contribution < 1.29 is 18.9 Å². The Bertz CT molecular complexity index is 888. The number of benzene rings is 2. The van der Waals surface area contributed by atoms with Crippen LogP contribution < -0.4 is 10.2 Å². The Morgan fingerprint density at radius 2 is 1.96 bits per heavy atom. The Morgan fingerprint density at radius 1 is 1.27 bits per heavy atom. The van der Waals surface area contributed by atoms with Crippen LogP contribution in [0.3, 0.4) is 0 Å². The zero-order chi connectivity index (χ0) is 18.8. The first-order chi connectivity index (χ1) is 12.3. The van der Waals surface area contributed by atoms with Gasteiger partial charge in [-0.25, -0.2) is 0 Å². The quantitative estimate of drug-likeness (QED) is 0.653. The lowest BCUT2D eigenvalue weighted by atomic mass is 10.1. The van der Waals surface area contributed by atoms with E-state index in [4.69, 9.17) is 11.6 Å². The number of carbonyl (C=O) groups is 2. The number of hydrogen-bond donors (Lipinski definition) is 1. The summed E-state index contributed by atoms with van der Waals surface area (Å²) in [6.07, 6.45) is -0.0371. The molecule has 1 saturated heterocycles. The molecule has 3 rings (SSSR count). The van der Waals surface area contributed by atoms with E-state index in [1.54, 1.807) is 24.3 Å². The van der Waals surface area contributed by atoms with Gasteiger partial charge in [-0.2, -0.15) is 4.39 Å². The highest BCUT2D eigenvalue weighted by molar-refractivity contribution is 6.30. The molecule has 7 nitrogen and oxygen atoms in total. The highest BCUT2D eigenvalue weighted by atomic mass is 35.5. The van der Waals surface area contributed by atoms with E-state index in [9.17, 15) is 24.1 Å². The highest BCUT2D eigenvalue weighted by Gasteiger charge is 2.36. The summed E-state index contributed by atoms with van der Waals surface area (Å²) >= 11 is 5.79. The van der Waals surface area contributed by atoms with Gasteiger partial charge in [-0.3, -0.25) is 19.7 Å². The van der Waals surface area contributed by atoms with Gasteiger partial charge in [-0.15, -0.1) is 0 Å². The molecular formula is C17H13ClFN3O4. The molecule has 0 aliphatic carbocycles. The Morgan fingerprint density at radius 3 is 2.62 bits per heavy atom. The van der Waals surface area contributed by atoms with E-state index in [-0.39, 0.29) is 30.5 Å². The number of halogens is 2. The van der Waals surface area contributed by atoms with Gasteiger partial charge in [0.05, 0.1) is 16.5 Å².